The van der Waals surface area contributed by atoms with Crippen LogP contribution in [0.1, 0.15) is 28.2 Å². The lowest BCUT2D eigenvalue weighted by atomic mass is 10.2. The number of guanidine groups is 1. The molecule has 2 heterocycles. The number of aryl methyl sites for hydroxylation is 2. The van der Waals surface area contributed by atoms with Crippen LogP contribution in [0.15, 0.2) is 35.3 Å². The molecule has 34 heavy (non-hydrogen) atoms. The van der Waals surface area contributed by atoms with Crippen molar-refractivity contribution in [3.63, 3.8) is 0 Å². The Morgan fingerprint density at radius 1 is 1.15 bits per heavy atom. The summed E-state index contributed by atoms with van der Waals surface area (Å²) in [6, 6.07) is 8.74. The molecule has 1 fully saturated rings. The number of methoxy groups -OCH3 is 1. The van der Waals surface area contributed by atoms with Crippen LogP contribution in [-0.2, 0) is 9.47 Å². The lowest BCUT2D eigenvalue weighted by Crippen LogP contribution is -2.39. The average Bonchev–Trinajstić information content (AvgIpc) is 2.81. The van der Waals surface area contributed by atoms with E-state index in [0.29, 0.717) is 29.1 Å². The second kappa shape index (κ2) is 12.9. The molecular formula is C23H31N7O3S. The SMILES string of the molecule is COC(=O)c1ccc(NC(=S)NC(=NCCCN2CCOCC2)Nc2nc(C)cc(C)n2)cc1. The number of thiocarbonyl (C=S) groups is 1. The van der Waals surface area contributed by atoms with Gasteiger partial charge >= 0.3 is 5.97 Å². The first-order valence-electron chi connectivity index (χ1n) is 11.1. The molecule has 11 heteroatoms. The minimum absolute atomic E-state index is 0.342. The third-order valence-corrected chi connectivity index (χ3v) is 5.22. The molecule has 1 saturated heterocycles. The number of carbonyl (C=O) groups is 1. The second-order valence-corrected chi connectivity index (χ2v) is 8.19. The summed E-state index contributed by atoms with van der Waals surface area (Å²) in [5.41, 5.74) is 2.89. The van der Waals surface area contributed by atoms with E-state index in [1.807, 2.05) is 19.9 Å². The first-order chi connectivity index (χ1) is 16.4. The van der Waals surface area contributed by atoms with Crippen molar-refractivity contribution in [2.45, 2.75) is 20.3 Å². The van der Waals surface area contributed by atoms with E-state index in [4.69, 9.17) is 21.7 Å². The number of morpholine rings is 1. The quantitative estimate of drug-likeness (QED) is 0.178. The normalized spacial score (nSPS) is 14.4. The molecular weight excluding hydrogens is 454 g/mol. The van der Waals surface area contributed by atoms with Crippen molar-refractivity contribution in [2.24, 2.45) is 4.99 Å². The molecule has 1 aromatic heterocycles. The van der Waals surface area contributed by atoms with Crippen molar-refractivity contribution in [2.75, 3.05) is 57.1 Å². The molecule has 0 bridgehead atoms. The van der Waals surface area contributed by atoms with E-state index < -0.39 is 5.97 Å². The van der Waals surface area contributed by atoms with Crippen molar-refractivity contribution < 1.29 is 14.3 Å². The lowest BCUT2D eigenvalue weighted by molar-refractivity contribution is 0.0377. The zero-order valence-electron chi connectivity index (χ0n) is 19.8. The van der Waals surface area contributed by atoms with Crippen molar-refractivity contribution in [3.05, 3.63) is 47.3 Å². The Morgan fingerprint density at radius 3 is 2.47 bits per heavy atom. The summed E-state index contributed by atoms with van der Waals surface area (Å²) in [4.78, 5) is 27.5. The summed E-state index contributed by atoms with van der Waals surface area (Å²) in [6.07, 6.45) is 0.899. The Labute approximate surface area is 205 Å². The number of aromatic nitrogens is 2. The molecule has 3 rings (SSSR count). The third kappa shape index (κ3) is 8.32. The van der Waals surface area contributed by atoms with Crippen molar-refractivity contribution in [3.8, 4) is 0 Å². The zero-order valence-corrected chi connectivity index (χ0v) is 20.6. The molecule has 1 aliphatic rings. The molecule has 0 saturated carbocycles. The maximum Gasteiger partial charge on any atom is 0.337 e. The Hall–Kier alpha value is -3.15. The molecule has 2 aromatic rings. The lowest BCUT2D eigenvalue weighted by Gasteiger charge is -2.26. The summed E-state index contributed by atoms with van der Waals surface area (Å²) in [7, 11) is 1.35. The smallest absolute Gasteiger partial charge is 0.337 e. The van der Waals surface area contributed by atoms with Gasteiger partial charge in [0.15, 0.2) is 5.11 Å². The highest BCUT2D eigenvalue weighted by molar-refractivity contribution is 7.80. The summed E-state index contributed by atoms with van der Waals surface area (Å²) >= 11 is 5.47. The van der Waals surface area contributed by atoms with Crippen LogP contribution in [0.2, 0.25) is 0 Å². The molecule has 182 valence electrons. The van der Waals surface area contributed by atoms with Crippen LogP contribution in [0.3, 0.4) is 0 Å². The Bertz CT molecular complexity index is 988. The van der Waals surface area contributed by atoms with Gasteiger partial charge in [0, 0.05) is 43.3 Å². The number of aliphatic imine (C=N–C) groups is 1. The van der Waals surface area contributed by atoms with Crippen LogP contribution in [0.25, 0.3) is 0 Å². The van der Waals surface area contributed by atoms with Gasteiger partial charge in [-0.05, 0) is 62.8 Å². The van der Waals surface area contributed by atoms with E-state index in [2.05, 4.69) is 35.8 Å². The zero-order chi connectivity index (χ0) is 24.3. The molecule has 10 nitrogen and oxygen atoms in total. The summed E-state index contributed by atoms with van der Waals surface area (Å²) in [5.74, 6) is 0.509. The molecule has 0 unspecified atom stereocenters. The first kappa shape index (κ1) is 25.5. The Morgan fingerprint density at radius 2 is 1.82 bits per heavy atom. The number of anilines is 2. The topological polar surface area (TPSA) is 113 Å². The summed E-state index contributed by atoms with van der Waals surface area (Å²) in [6.45, 7) is 8.85. The fourth-order valence-electron chi connectivity index (χ4n) is 3.39. The maximum absolute atomic E-state index is 11.6. The van der Waals surface area contributed by atoms with Gasteiger partial charge in [0.1, 0.15) is 0 Å². The van der Waals surface area contributed by atoms with Gasteiger partial charge in [-0.25, -0.2) is 14.8 Å². The number of nitrogens with zero attached hydrogens (tertiary/aromatic N) is 4. The molecule has 0 amide bonds. The van der Waals surface area contributed by atoms with Crippen LogP contribution >= 0.6 is 12.2 Å². The monoisotopic (exact) mass is 485 g/mol. The minimum Gasteiger partial charge on any atom is -0.465 e. The fraction of sp³-hybridized carbons (Fsp3) is 0.435. The van der Waals surface area contributed by atoms with Gasteiger partial charge in [-0.1, -0.05) is 0 Å². The predicted octanol–water partition coefficient (Wildman–Crippen LogP) is 2.36. The highest BCUT2D eigenvalue weighted by Crippen LogP contribution is 2.10. The van der Waals surface area contributed by atoms with Crippen LogP contribution in [0, 0.1) is 13.8 Å². The average molecular weight is 486 g/mol. The van der Waals surface area contributed by atoms with Crippen LogP contribution in [0.4, 0.5) is 11.6 Å². The van der Waals surface area contributed by atoms with Crippen molar-refractivity contribution in [1.29, 1.82) is 0 Å². The highest BCUT2D eigenvalue weighted by atomic mass is 32.1. The van der Waals surface area contributed by atoms with E-state index in [1.165, 1.54) is 7.11 Å². The molecule has 0 radical (unpaired) electrons. The molecule has 1 aliphatic heterocycles. The number of rotatable bonds is 7. The second-order valence-electron chi connectivity index (χ2n) is 7.79. The van der Waals surface area contributed by atoms with Crippen molar-refractivity contribution >= 4 is 40.9 Å². The molecule has 3 N–H and O–H groups in total. The van der Waals surface area contributed by atoms with Gasteiger partial charge in [0.2, 0.25) is 11.9 Å². The van der Waals surface area contributed by atoms with E-state index >= 15 is 0 Å². The van der Waals surface area contributed by atoms with Gasteiger partial charge in [-0.2, -0.15) is 0 Å². The van der Waals surface area contributed by atoms with Crippen LogP contribution in [0.5, 0.6) is 0 Å². The van der Waals surface area contributed by atoms with Crippen molar-refractivity contribution in [1.82, 2.24) is 20.2 Å². The van der Waals surface area contributed by atoms with Gasteiger partial charge in [-0.3, -0.25) is 15.2 Å². The van der Waals surface area contributed by atoms with E-state index in [-0.39, 0.29) is 0 Å². The Kier molecular flexibility index (Phi) is 9.68. The van der Waals surface area contributed by atoms with Gasteiger partial charge < -0.3 is 20.1 Å². The van der Waals surface area contributed by atoms with Gasteiger partial charge in [-0.15, -0.1) is 0 Å². The Balaban J connectivity index is 1.62. The van der Waals surface area contributed by atoms with Crippen LogP contribution < -0.4 is 16.0 Å². The van der Waals surface area contributed by atoms with E-state index in [1.54, 1.807) is 24.3 Å². The number of nitrogens with one attached hydrogen (secondary N) is 3. The number of hydrogen-bond acceptors (Lipinski definition) is 8. The molecule has 0 spiro atoms. The first-order valence-corrected chi connectivity index (χ1v) is 11.5. The molecule has 0 aliphatic carbocycles. The number of hydrogen-bond donors (Lipinski definition) is 3. The van der Waals surface area contributed by atoms with Crippen LogP contribution in [-0.4, -0.2) is 78.4 Å². The van der Waals surface area contributed by atoms with E-state index in [0.717, 1.165) is 56.3 Å². The maximum atomic E-state index is 11.6. The number of esters is 1. The fourth-order valence-corrected chi connectivity index (χ4v) is 3.60. The largest absolute Gasteiger partial charge is 0.465 e. The van der Waals surface area contributed by atoms with Gasteiger partial charge in [0.25, 0.3) is 0 Å². The number of carbonyl (C=O) groups excluding carboxylic acids is 1. The molecule has 0 atom stereocenters. The van der Waals surface area contributed by atoms with Gasteiger partial charge in [0.05, 0.1) is 25.9 Å². The molecule has 1 aromatic carbocycles. The number of ether oxygens (including phenoxy) is 2. The highest BCUT2D eigenvalue weighted by Gasteiger charge is 2.11. The third-order valence-electron chi connectivity index (χ3n) is 5.01. The summed E-state index contributed by atoms with van der Waals surface area (Å²) < 4.78 is 10.1. The van der Waals surface area contributed by atoms with E-state index in [9.17, 15) is 4.79 Å². The predicted molar refractivity (Wildman–Crippen MR) is 136 cm³/mol. The number of benzene rings is 1. The summed E-state index contributed by atoms with van der Waals surface area (Å²) in [5, 5.41) is 9.67. The standard InChI is InChI=1S/C23H31N7O3S/c1-16-15-17(2)26-22(25-16)28-21(24-9-4-10-30-11-13-33-14-12-30)29-23(34)27-19-7-5-18(6-8-19)20(31)32-3/h5-8,15H,4,9-14H2,1-3H3,(H3,24,25,26,27,28,29,34). The minimum atomic E-state index is -0.392.